The molecule has 4 rings (SSSR count). The number of methoxy groups -OCH3 is 1. The lowest BCUT2D eigenvalue weighted by Crippen LogP contribution is -2.47. The zero-order chi connectivity index (χ0) is 25.0. The van der Waals surface area contributed by atoms with Crippen molar-refractivity contribution in [2.45, 2.75) is 18.6 Å². The monoisotopic (exact) mass is 502 g/mol. The first kappa shape index (κ1) is 24.9. The highest BCUT2D eigenvalue weighted by Crippen LogP contribution is 2.37. The van der Waals surface area contributed by atoms with Gasteiger partial charge < -0.3 is 14.5 Å². The lowest BCUT2D eigenvalue weighted by Gasteiger charge is -2.37. The van der Waals surface area contributed by atoms with Crippen molar-refractivity contribution in [1.29, 1.82) is 0 Å². The minimum Gasteiger partial charge on any atom is -0.383 e. The number of thiophene rings is 1. The first-order chi connectivity index (χ1) is 16.8. The number of carbonyl (C=O) groups excluding carboxylic acids is 2. The predicted molar refractivity (Wildman–Crippen MR) is 127 cm³/mol. The van der Waals surface area contributed by atoms with Crippen molar-refractivity contribution in [2.24, 2.45) is 0 Å². The van der Waals surface area contributed by atoms with E-state index in [0.29, 0.717) is 6.54 Å². The smallest absolute Gasteiger partial charge is 0.383 e. The SMILES string of the molecule is COCCN(CC(=O)N1CCc2sccc2C1c1ccccc1)C(=O)c1ccc(C(F)(F)F)cc1. The number of benzene rings is 2. The van der Waals surface area contributed by atoms with Crippen LogP contribution in [0.1, 0.15) is 38.0 Å². The van der Waals surface area contributed by atoms with Crippen molar-refractivity contribution in [3.8, 4) is 0 Å². The van der Waals surface area contributed by atoms with Crippen molar-refractivity contribution < 1.29 is 27.5 Å². The van der Waals surface area contributed by atoms with Crippen molar-refractivity contribution in [3.05, 3.63) is 93.2 Å². The summed E-state index contributed by atoms with van der Waals surface area (Å²) in [7, 11) is 1.48. The van der Waals surface area contributed by atoms with Crippen molar-refractivity contribution in [1.82, 2.24) is 9.80 Å². The molecule has 5 nitrogen and oxygen atoms in total. The number of ether oxygens (including phenoxy) is 1. The van der Waals surface area contributed by atoms with Crippen LogP contribution in [0, 0.1) is 0 Å². The van der Waals surface area contributed by atoms with Gasteiger partial charge in [0.25, 0.3) is 5.91 Å². The number of carbonyl (C=O) groups is 2. The Labute approximate surface area is 205 Å². The van der Waals surface area contributed by atoms with E-state index in [1.807, 2.05) is 41.8 Å². The summed E-state index contributed by atoms with van der Waals surface area (Å²) < 4.78 is 43.9. The molecule has 1 unspecified atom stereocenters. The maximum atomic E-state index is 13.6. The molecular weight excluding hydrogens is 477 g/mol. The molecule has 0 saturated heterocycles. The largest absolute Gasteiger partial charge is 0.416 e. The molecule has 1 aliphatic heterocycles. The van der Waals surface area contributed by atoms with E-state index in [0.717, 1.165) is 41.8 Å². The van der Waals surface area contributed by atoms with Gasteiger partial charge >= 0.3 is 6.18 Å². The number of fused-ring (bicyclic) bond motifs is 1. The third kappa shape index (κ3) is 5.57. The number of nitrogens with zero attached hydrogens (tertiary/aromatic N) is 2. The fourth-order valence-corrected chi connectivity index (χ4v) is 5.18. The number of halogens is 3. The summed E-state index contributed by atoms with van der Waals surface area (Å²) >= 11 is 1.67. The Bertz CT molecular complexity index is 1160. The van der Waals surface area contributed by atoms with Gasteiger partial charge in [-0.2, -0.15) is 13.2 Å². The fraction of sp³-hybridized carbons (Fsp3) is 0.308. The Balaban J connectivity index is 1.57. The summed E-state index contributed by atoms with van der Waals surface area (Å²) in [5.41, 5.74) is 1.32. The van der Waals surface area contributed by atoms with Crippen LogP contribution in [0.25, 0.3) is 0 Å². The molecule has 0 saturated carbocycles. The van der Waals surface area contributed by atoms with E-state index < -0.39 is 17.6 Å². The third-order valence-corrected chi connectivity index (χ3v) is 7.04. The van der Waals surface area contributed by atoms with Gasteiger partial charge in [0.05, 0.1) is 18.2 Å². The minimum absolute atomic E-state index is 0.0836. The van der Waals surface area contributed by atoms with Crippen molar-refractivity contribution >= 4 is 23.2 Å². The van der Waals surface area contributed by atoms with Gasteiger partial charge in [0.15, 0.2) is 0 Å². The summed E-state index contributed by atoms with van der Waals surface area (Å²) in [5, 5.41) is 2.02. The summed E-state index contributed by atoms with van der Waals surface area (Å²) in [6.07, 6.45) is -3.76. The maximum Gasteiger partial charge on any atom is 0.416 e. The molecule has 1 aliphatic rings. The van der Waals surface area contributed by atoms with Gasteiger partial charge in [-0.3, -0.25) is 9.59 Å². The van der Waals surface area contributed by atoms with Crippen LogP contribution in [0.4, 0.5) is 13.2 Å². The van der Waals surface area contributed by atoms with Crippen LogP contribution in [0.2, 0.25) is 0 Å². The van der Waals surface area contributed by atoms with E-state index in [1.165, 1.54) is 16.9 Å². The van der Waals surface area contributed by atoms with Crippen LogP contribution < -0.4 is 0 Å². The molecule has 0 bridgehead atoms. The molecule has 0 N–H and O–H groups in total. The highest BCUT2D eigenvalue weighted by molar-refractivity contribution is 7.10. The van der Waals surface area contributed by atoms with Gasteiger partial charge in [-0.05, 0) is 53.3 Å². The van der Waals surface area contributed by atoms with E-state index in [1.54, 1.807) is 16.2 Å². The van der Waals surface area contributed by atoms with Crippen LogP contribution in [0.5, 0.6) is 0 Å². The van der Waals surface area contributed by atoms with Crippen molar-refractivity contribution in [3.63, 3.8) is 0 Å². The Morgan fingerprint density at radius 1 is 1.09 bits per heavy atom. The fourth-order valence-electron chi connectivity index (χ4n) is 4.27. The van der Waals surface area contributed by atoms with Crippen LogP contribution >= 0.6 is 11.3 Å². The normalized spacial score (nSPS) is 15.5. The van der Waals surface area contributed by atoms with Crippen LogP contribution in [0.15, 0.2) is 66.0 Å². The summed E-state index contributed by atoms with van der Waals surface area (Å²) in [6, 6.07) is 15.5. The number of alkyl halides is 3. The standard InChI is InChI=1S/C26H25F3N2O3S/c1-34-15-14-30(25(33)19-7-9-20(10-8-19)26(27,28)29)17-23(32)31-13-11-22-21(12-16-35-22)24(31)18-5-3-2-4-6-18/h2-10,12,16,24H,11,13-15,17H2,1H3. The van der Waals surface area contributed by atoms with E-state index in [4.69, 9.17) is 4.74 Å². The number of hydrogen-bond acceptors (Lipinski definition) is 4. The zero-order valence-electron chi connectivity index (χ0n) is 19.1. The van der Waals surface area contributed by atoms with Crippen LogP contribution in [-0.4, -0.2) is 55.0 Å². The second-order valence-electron chi connectivity index (χ2n) is 8.24. The molecule has 1 aromatic heterocycles. The first-order valence-electron chi connectivity index (χ1n) is 11.2. The first-order valence-corrected chi connectivity index (χ1v) is 12.0. The van der Waals surface area contributed by atoms with Gasteiger partial charge in [0.2, 0.25) is 5.91 Å². The molecule has 2 heterocycles. The average Bonchev–Trinajstić information content (AvgIpc) is 3.34. The topological polar surface area (TPSA) is 49.9 Å². The zero-order valence-corrected chi connectivity index (χ0v) is 19.9. The van der Waals surface area contributed by atoms with Crippen LogP contribution in [-0.2, 0) is 22.1 Å². The lowest BCUT2D eigenvalue weighted by atomic mass is 9.93. The maximum absolute atomic E-state index is 13.6. The quantitative estimate of drug-likeness (QED) is 0.456. The summed E-state index contributed by atoms with van der Waals surface area (Å²) in [6.45, 7) is 0.636. The Morgan fingerprint density at radius 3 is 2.46 bits per heavy atom. The molecule has 35 heavy (non-hydrogen) atoms. The number of rotatable bonds is 7. The van der Waals surface area contributed by atoms with E-state index in [2.05, 4.69) is 0 Å². The number of hydrogen-bond donors (Lipinski definition) is 0. The number of amides is 2. The van der Waals surface area contributed by atoms with E-state index in [9.17, 15) is 22.8 Å². The van der Waals surface area contributed by atoms with E-state index >= 15 is 0 Å². The molecule has 2 amide bonds. The molecule has 1 atom stereocenters. The molecule has 2 aromatic carbocycles. The molecule has 0 fully saturated rings. The third-order valence-electron chi connectivity index (χ3n) is 6.04. The Hall–Kier alpha value is -3.17. The van der Waals surface area contributed by atoms with Crippen LogP contribution in [0.3, 0.4) is 0 Å². The molecule has 3 aromatic rings. The van der Waals surface area contributed by atoms with Gasteiger partial charge in [0, 0.05) is 30.6 Å². The van der Waals surface area contributed by atoms with Gasteiger partial charge in [0.1, 0.15) is 6.54 Å². The minimum atomic E-state index is -4.49. The highest BCUT2D eigenvalue weighted by atomic mass is 32.1. The molecular formula is C26H25F3N2O3S. The molecule has 184 valence electrons. The molecule has 0 radical (unpaired) electrons. The molecule has 0 spiro atoms. The van der Waals surface area contributed by atoms with Crippen molar-refractivity contribution in [2.75, 3.05) is 33.4 Å². The summed E-state index contributed by atoms with van der Waals surface area (Å²) in [5.74, 6) is -0.749. The Kier molecular flexibility index (Phi) is 7.57. The molecule has 9 heteroatoms. The highest BCUT2D eigenvalue weighted by Gasteiger charge is 2.34. The average molecular weight is 503 g/mol. The summed E-state index contributed by atoms with van der Waals surface area (Å²) in [4.78, 5) is 31.1. The lowest BCUT2D eigenvalue weighted by molar-refractivity contribution is -0.137. The second kappa shape index (κ2) is 10.6. The van der Waals surface area contributed by atoms with Gasteiger partial charge in [-0.25, -0.2) is 0 Å². The van der Waals surface area contributed by atoms with Gasteiger partial charge in [-0.1, -0.05) is 30.3 Å². The molecule has 0 aliphatic carbocycles. The van der Waals surface area contributed by atoms with E-state index in [-0.39, 0.29) is 37.2 Å². The second-order valence-corrected chi connectivity index (χ2v) is 9.24. The predicted octanol–water partition coefficient (Wildman–Crippen LogP) is 5.03. The van der Waals surface area contributed by atoms with Gasteiger partial charge in [-0.15, -0.1) is 11.3 Å². The Morgan fingerprint density at radius 2 is 1.80 bits per heavy atom.